The molecule has 1 aromatic carbocycles. The monoisotopic (exact) mass is 663 g/mol. The van der Waals surface area contributed by atoms with Crippen LogP contribution in [-0.4, -0.2) is 115 Å². The number of hydrogen-bond donors (Lipinski definition) is 4. The fraction of sp³-hybridized carbons (Fsp3) is 0.485. The lowest BCUT2D eigenvalue weighted by Gasteiger charge is -2.50. The third-order valence-electron chi connectivity index (χ3n) is 10.3. The van der Waals surface area contributed by atoms with Gasteiger partial charge in [0, 0.05) is 63.0 Å². The lowest BCUT2D eigenvalue weighted by atomic mass is 9.57. The van der Waals surface area contributed by atoms with Crippen molar-refractivity contribution in [1.29, 1.82) is 0 Å². The SMILES string of the molecule is CN1CCN(Cc2ccc(-c3cc(N(C)C)c4c(c3N=O)C(O)=C3C(=O)[C@]5(O)C(=O)C(C(N)=O)=C(ON)[C@@H](N(C)C)[C@@H]5C[C@@H]3C4)o2)CC1. The van der Waals surface area contributed by atoms with Crippen LogP contribution in [0.15, 0.2) is 44.7 Å². The van der Waals surface area contributed by atoms with Crippen LogP contribution >= 0.6 is 0 Å². The first-order chi connectivity index (χ1) is 22.7. The van der Waals surface area contributed by atoms with Gasteiger partial charge in [-0.25, -0.2) is 0 Å². The molecule has 6 N–H and O–H groups in total. The van der Waals surface area contributed by atoms with E-state index in [0.717, 1.165) is 26.2 Å². The summed E-state index contributed by atoms with van der Waals surface area (Å²) in [6, 6.07) is 4.39. The van der Waals surface area contributed by atoms with Crippen molar-refractivity contribution < 1.29 is 33.9 Å². The Balaban J connectivity index is 1.48. The zero-order chi connectivity index (χ0) is 34.8. The summed E-state index contributed by atoms with van der Waals surface area (Å²) in [5, 5.41) is 27.3. The van der Waals surface area contributed by atoms with Gasteiger partial charge in [-0.05, 0) is 68.8 Å². The number of nitroso groups, excluding NO2 is 1. The summed E-state index contributed by atoms with van der Waals surface area (Å²) in [4.78, 5) is 66.2. The molecule has 6 rings (SSSR count). The second kappa shape index (κ2) is 12.2. The van der Waals surface area contributed by atoms with Gasteiger partial charge in [0.15, 0.2) is 11.4 Å². The predicted molar refractivity (Wildman–Crippen MR) is 175 cm³/mol. The Morgan fingerprint density at radius 3 is 2.42 bits per heavy atom. The standard InChI is InChI=1S/C33H41N7O8/c1-37(2)21-14-19(22-7-6-17(47-22)15-40-10-8-39(5)9-11-40)26(36-46)24-18(21)12-16-13-20-27(38(3)4)29(48-35)25(32(34)44)31(43)33(20,45)30(42)23(16)28(24)41/h6-7,14,16,20,27,41,45H,8-13,15,35H2,1-5H3,(H2,34,44)/t16-,20-,27-,33-/m0/s1. The molecular formula is C33H41N7O8. The number of nitrogens with zero attached hydrogens (tertiary/aromatic N) is 5. The summed E-state index contributed by atoms with van der Waals surface area (Å²) >= 11 is 0. The van der Waals surface area contributed by atoms with Crippen molar-refractivity contribution >= 4 is 34.6 Å². The lowest BCUT2D eigenvalue weighted by molar-refractivity contribution is -0.162. The quantitative estimate of drug-likeness (QED) is 0.135. The van der Waals surface area contributed by atoms with Gasteiger partial charge in [-0.3, -0.25) is 24.2 Å². The Labute approximate surface area is 277 Å². The number of carbonyl (C=O) groups excluding carboxylic acids is 3. The summed E-state index contributed by atoms with van der Waals surface area (Å²) in [5.41, 5.74) is 3.23. The number of furan rings is 1. The molecule has 15 nitrogen and oxygen atoms in total. The molecule has 15 heteroatoms. The van der Waals surface area contributed by atoms with Crippen LogP contribution in [0, 0.1) is 16.7 Å². The summed E-state index contributed by atoms with van der Waals surface area (Å²) in [7, 11) is 8.97. The van der Waals surface area contributed by atoms with Gasteiger partial charge in [-0.15, -0.1) is 4.91 Å². The highest BCUT2D eigenvalue weighted by Crippen LogP contribution is 2.55. The average molecular weight is 664 g/mol. The number of benzene rings is 1. The van der Waals surface area contributed by atoms with Crippen LogP contribution in [0.4, 0.5) is 11.4 Å². The first-order valence-electron chi connectivity index (χ1n) is 15.8. The summed E-state index contributed by atoms with van der Waals surface area (Å²) in [6.45, 7) is 4.23. The van der Waals surface area contributed by atoms with Gasteiger partial charge in [-0.1, -0.05) is 0 Å². The smallest absolute Gasteiger partial charge is 0.256 e. The number of fused-ring (bicyclic) bond motifs is 3. The zero-order valence-corrected chi connectivity index (χ0v) is 27.6. The van der Waals surface area contributed by atoms with Crippen molar-refractivity contribution in [3.8, 4) is 11.3 Å². The summed E-state index contributed by atoms with van der Waals surface area (Å²) in [6.07, 6.45) is 0.205. The maximum atomic E-state index is 14.4. The molecule has 4 atom stereocenters. The van der Waals surface area contributed by atoms with Gasteiger partial charge in [0.25, 0.3) is 5.91 Å². The number of piperazine rings is 1. The van der Waals surface area contributed by atoms with Gasteiger partial charge in [0.2, 0.25) is 11.6 Å². The second-order valence-corrected chi connectivity index (χ2v) is 13.5. The van der Waals surface area contributed by atoms with Crippen molar-refractivity contribution in [2.45, 2.75) is 31.0 Å². The number of amides is 1. The van der Waals surface area contributed by atoms with Crippen molar-refractivity contribution in [3.63, 3.8) is 0 Å². The Morgan fingerprint density at radius 2 is 1.83 bits per heavy atom. The third kappa shape index (κ3) is 5.04. The molecule has 0 bridgehead atoms. The van der Waals surface area contributed by atoms with Crippen LogP contribution in [0.3, 0.4) is 0 Å². The van der Waals surface area contributed by atoms with Gasteiger partial charge >= 0.3 is 0 Å². The molecule has 1 aliphatic heterocycles. The van der Waals surface area contributed by atoms with Crippen molar-refractivity contribution in [3.05, 3.63) is 56.9 Å². The minimum Gasteiger partial charge on any atom is -0.507 e. The molecule has 1 aromatic heterocycles. The van der Waals surface area contributed by atoms with Crippen molar-refractivity contribution in [2.75, 3.05) is 66.3 Å². The number of primary amides is 1. The topological polar surface area (TPSA) is 208 Å². The molecule has 0 spiro atoms. The highest BCUT2D eigenvalue weighted by molar-refractivity contribution is 6.33. The fourth-order valence-electron chi connectivity index (χ4n) is 7.91. The highest BCUT2D eigenvalue weighted by atomic mass is 16.6. The molecule has 2 aromatic rings. The number of Topliss-reactive ketones (excluding diaryl/α,β-unsaturated/α-hetero) is 2. The first kappa shape index (κ1) is 33.5. The molecule has 0 radical (unpaired) electrons. The van der Waals surface area contributed by atoms with Gasteiger partial charge in [-0.2, -0.15) is 5.90 Å². The maximum absolute atomic E-state index is 14.4. The van der Waals surface area contributed by atoms with E-state index in [4.69, 9.17) is 20.9 Å². The van der Waals surface area contributed by atoms with Gasteiger partial charge in [0.05, 0.1) is 18.2 Å². The van der Waals surface area contributed by atoms with Gasteiger partial charge in [0.1, 0.15) is 28.5 Å². The van der Waals surface area contributed by atoms with E-state index in [0.29, 0.717) is 34.9 Å². The van der Waals surface area contributed by atoms with E-state index in [-0.39, 0.29) is 35.4 Å². The van der Waals surface area contributed by atoms with E-state index in [1.807, 2.05) is 25.1 Å². The summed E-state index contributed by atoms with van der Waals surface area (Å²) < 4.78 is 6.22. The Bertz CT molecular complexity index is 1770. The average Bonchev–Trinajstić information content (AvgIpc) is 3.50. The number of anilines is 1. The zero-order valence-electron chi connectivity index (χ0n) is 27.6. The number of likely N-dealkylation sites (N-methyl/N-ethyl adjacent to an activating group) is 2. The van der Waals surface area contributed by atoms with Crippen LogP contribution in [0.5, 0.6) is 0 Å². The Morgan fingerprint density at radius 1 is 1.15 bits per heavy atom. The van der Waals surface area contributed by atoms with Crippen LogP contribution in [0.25, 0.3) is 17.1 Å². The predicted octanol–water partition coefficient (Wildman–Crippen LogP) is 1.06. The molecule has 1 saturated carbocycles. The van der Waals surface area contributed by atoms with E-state index in [2.05, 4.69) is 22.0 Å². The lowest BCUT2D eigenvalue weighted by Crippen LogP contribution is -2.67. The molecule has 2 heterocycles. The number of carbonyl (C=O) groups is 3. The number of hydrogen-bond acceptors (Lipinski definition) is 14. The molecule has 48 heavy (non-hydrogen) atoms. The fourth-order valence-corrected chi connectivity index (χ4v) is 7.91. The van der Waals surface area contributed by atoms with Crippen LogP contribution in [0.1, 0.15) is 23.3 Å². The van der Waals surface area contributed by atoms with Crippen LogP contribution in [-0.2, 0) is 32.2 Å². The molecule has 4 aliphatic rings. The molecule has 1 saturated heterocycles. The first-order valence-corrected chi connectivity index (χ1v) is 15.8. The Kier molecular flexibility index (Phi) is 8.54. The molecule has 3 aliphatic carbocycles. The Hall–Kier alpha value is -4.41. The highest BCUT2D eigenvalue weighted by Gasteiger charge is 2.65. The van der Waals surface area contributed by atoms with Crippen LogP contribution < -0.4 is 16.5 Å². The number of ketones is 2. The van der Waals surface area contributed by atoms with Crippen molar-refractivity contribution in [2.24, 2.45) is 28.6 Å². The molecule has 1 amide bonds. The molecule has 0 unspecified atom stereocenters. The van der Waals surface area contributed by atoms with E-state index >= 15 is 0 Å². The number of rotatable bonds is 8. The molecule has 2 fully saturated rings. The van der Waals surface area contributed by atoms with E-state index in [9.17, 15) is 29.5 Å². The molecule has 256 valence electrons. The van der Waals surface area contributed by atoms with E-state index < -0.39 is 52.3 Å². The summed E-state index contributed by atoms with van der Waals surface area (Å²) in [5.74, 6) is 0.410. The number of aliphatic hydroxyl groups is 2. The second-order valence-electron chi connectivity index (χ2n) is 13.5. The maximum Gasteiger partial charge on any atom is 0.256 e. The minimum atomic E-state index is -2.77. The van der Waals surface area contributed by atoms with Crippen molar-refractivity contribution in [1.82, 2.24) is 14.7 Å². The number of nitrogens with two attached hydrogens (primary N) is 2. The molecular weight excluding hydrogens is 622 g/mol. The third-order valence-corrected chi connectivity index (χ3v) is 10.3. The number of aliphatic hydroxyl groups excluding tert-OH is 1. The van der Waals surface area contributed by atoms with E-state index in [1.165, 1.54) is 0 Å². The van der Waals surface area contributed by atoms with Crippen LogP contribution in [0.2, 0.25) is 0 Å². The minimum absolute atomic E-state index is 0.0222. The van der Waals surface area contributed by atoms with Gasteiger partial charge < -0.3 is 35.0 Å². The normalized spacial score (nSPS) is 26.4. The van der Waals surface area contributed by atoms with E-state index in [1.54, 1.807) is 31.1 Å². The largest absolute Gasteiger partial charge is 0.507 e.